The summed E-state index contributed by atoms with van der Waals surface area (Å²) >= 11 is 0. The van der Waals surface area contributed by atoms with Gasteiger partial charge in [0.05, 0.1) is 24.4 Å². The summed E-state index contributed by atoms with van der Waals surface area (Å²) in [5.41, 5.74) is -0.628. The zero-order valence-corrected chi connectivity index (χ0v) is 15.4. The SMILES string of the molecule is CN1C[C@H](O)C(O)C[C@@H]1CO.FC(F)(F)c1cccnc1N1CCCCC1. The lowest BCUT2D eigenvalue weighted by molar-refractivity contribution is -0.137. The van der Waals surface area contributed by atoms with Gasteiger partial charge in [-0.25, -0.2) is 4.98 Å². The maximum absolute atomic E-state index is 12.7. The van der Waals surface area contributed by atoms with Crippen molar-refractivity contribution in [2.75, 3.05) is 38.2 Å². The lowest BCUT2D eigenvalue weighted by Crippen LogP contribution is -2.51. The molecule has 1 aromatic heterocycles. The summed E-state index contributed by atoms with van der Waals surface area (Å²) in [6, 6.07) is 2.42. The van der Waals surface area contributed by atoms with E-state index in [9.17, 15) is 23.4 Å². The van der Waals surface area contributed by atoms with Crippen LogP contribution in [0.2, 0.25) is 0 Å². The molecule has 0 amide bonds. The molecule has 9 heteroatoms. The topological polar surface area (TPSA) is 80.1 Å². The van der Waals surface area contributed by atoms with Gasteiger partial charge in [0.25, 0.3) is 0 Å². The zero-order valence-electron chi connectivity index (χ0n) is 15.4. The van der Waals surface area contributed by atoms with E-state index in [2.05, 4.69) is 4.98 Å². The molecule has 2 saturated heterocycles. The van der Waals surface area contributed by atoms with E-state index in [0.29, 0.717) is 26.1 Å². The van der Waals surface area contributed by atoms with E-state index in [-0.39, 0.29) is 18.5 Å². The van der Waals surface area contributed by atoms with Crippen LogP contribution in [0.15, 0.2) is 18.3 Å². The van der Waals surface area contributed by atoms with Gasteiger partial charge in [0.2, 0.25) is 0 Å². The van der Waals surface area contributed by atoms with Crippen LogP contribution in [-0.4, -0.2) is 76.7 Å². The molecule has 1 aromatic rings. The van der Waals surface area contributed by atoms with E-state index < -0.39 is 23.9 Å². The van der Waals surface area contributed by atoms with Gasteiger partial charge in [0.1, 0.15) is 5.82 Å². The van der Waals surface area contributed by atoms with E-state index in [4.69, 9.17) is 5.11 Å². The molecule has 0 aliphatic carbocycles. The number of aliphatic hydroxyl groups excluding tert-OH is 3. The van der Waals surface area contributed by atoms with E-state index in [0.717, 1.165) is 25.3 Å². The van der Waals surface area contributed by atoms with Crippen LogP contribution in [0.1, 0.15) is 31.2 Å². The second-order valence-electron chi connectivity index (χ2n) is 7.07. The molecule has 3 N–H and O–H groups in total. The number of piperidine rings is 2. The molecule has 3 atom stereocenters. The van der Waals surface area contributed by atoms with Crippen molar-refractivity contribution in [2.24, 2.45) is 0 Å². The Morgan fingerprint density at radius 1 is 1.15 bits per heavy atom. The lowest BCUT2D eigenvalue weighted by atomic mass is 9.98. The number of likely N-dealkylation sites (N-methyl/N-ethyl adjacent to an activating group) is 1. The maximum atomic E-state index is 12.7. The highest BCUT2D eigenvalue weighted by Crippen LogP contribution is 2.35. The number of aliphatic hydroxyl groups is 3. The first kappa shape index (κ1) is 21.9. The maximum Gasteiger partial charge on any atom is 0.419 e. The molecule has 3 rings (SSSR count). The molecule has 2 aliphatic heterocycles. The van der Waals surface area contributed by atoms with Gasteiger partial charge in [-0.1, -0.05) is 0 Å². The average Bonchev–Trinajstić information content (AvgIpc) is 2.65. The van der Waals surface area contributed by atoms with Crippen molar-refractivity contribution in [3.05, 3.63) is 23.9 Å². The van der Waals surface area contributed by atoms with E-state index in [1.165, 1.54) is 12.3 Å². The molecule has 3 heterocycles. The third kappa shape index (κ3) is 6.03. The van der Waals surface area contributed by atoms with E-state index >= 15 is 0 Å². The van der Waals surface area contributed by atoms with Crippen LogP contribution >= 0.6 is 0 Å². The largest absolute Gasteiger partial charge is 0.419 e. The molecule has 2 aliphatic rings. The number of hydrogen-bond donors (Lipinski definition) is 3. The van der Waals surface area contributed by atoms with E-state index in [1.54, 1.807) is 4.90 Å². The summed E-state index contributed by atoms with van der Waals surface area (Å²) in [7, 11) is 1.83. The van der Waals surface area contributed by atoms with Crippen LogP contribution in [0.3, 0.4) is 0 Å². The van der Waals surface area contributed by atoms with Gasteiger partial charge in [-0.15, -0.1) is 0 Å². The number of halogens is 3. The Kier molecular flexibility index (Phi) is 7.84. The van der Waals surface area contributed by atoms with Gasteiger partial charge in [-0.2, -0.15) is 13.2 Å². The summed E-state index contributed by atoms with van der Waals surface area (Å²) in [5.74, 6) is 0.0784. The number of rotatable bonds is 2. The number of likely N-dealkylation sites (tertiary alicyclic amines) is 1. The van der Waals surface area contributed by atoms with Crippen LogP contribution in [0.5, 0.6) is 0 Å². The first-order valence-electron chi connectivity index (χ1n) is 9.18. The summed E-state index contributed by atoms with van der Waals surface area (Å²) in [6.45, 7) is 1.81. The van der Waals surface area contributed by atoms with Crippen molar-refractivity contribution < 1.29 is 28.5 Å². The highest BCUT2D eigenvalue weighted by atomic mass is 19.4. The van der Waals surface area contributed by atoms with Gasteiger partial charge in [-0.3, -0.25) is 4.90 Å². The molecule has 2 fully saturated rings. The monoisotopic (exact) mass is 391 g/mol. The van der Waals surface area contributed by atoms with Crippen molar-refractivity contribution in [1.29, 1.82) is 0 Å². The fourth-order valence-corrected chi connectivity index (χ4v) is 3.37. The molecule has 0 radical (unpaired) electrons. The highest BCUT2D eigenvalue weighted by molar-refractivity contribution is 5.48. The first-order chi connectivity index (χ1) is 12.7. The number of aromatic nitrogens is 1. The number of anilines is 1. The Balaban J connectivity index is 0.000000208. The summed E-state index contributed by atoms with van der Waals surface area (Å²) in [6.07, 6.45) is -0.827. The highest BCUT2D eigenvalue weighted by Gasteiger charge is 2.35. The van der Waals surface area contributed by atoms with Gasteiger partial charge in [0.15, 0.2) is 0 Å². The van der Waals surface area contributed by atoms with Crippen molar-refractivity contribution in [3.8, 4) is 0 Å². The molecule has 154 valence electrons. The summed E-state index contributed by atoms with van der Waals surface area (Å²) in [5, 5.41) is 27.2. The molecule has 0 bridgehead atoms. The third-order valence-electron chi connectivity index (χ3n) is 5.01. The minimum atomic E-state index is -4.32. The lowest BCUT2D eigenvalue weighted by Gasteiger charge is -2.37. The molecular formula is C18H28F3N3O3. The number of alkyl halides is 3. The van der Waals surface area contributed by atoms with Gasteiger partial charge < -0.3 is 20.2 Å². The summed E-state index contributed by atoms with van der Waals surface area (Å²) in [4.78, 5) is 7.46. The Morgan fingerprint density at radius 2 is 1.81 bits per heavy atom. The number of pyridine rings is 1. The zero-order chi connectivity index (χ0) is 20.0. The van der Waals surface area contributed by atoms with Crippen LogP contribution in [0.4, 0.5) is 19.0 Å². The van der Waals surface area contributed by atoms with E-state index in [1.807, 2.05) is 11.9 Å². The minimum Gasteiger partial charge on any atom is -0.395 e. The molecule has 0 aromatic carbocycles. The van der Waals surface area contributed by atoms with Gasteiger partial charge >= 0.3 is 6.18 Å². The number of β-amino-alcohol motifs (C(OH)–C–C–N with tert-alkyl or cyclic N) is 1. The number of nitrogens with zero attached hydrogens (tertiary/aromatic N) is 3. The molecule has 6 nitrogen and oxygen atoms in total. The molecule has 1 unspecified atom stereocenters. The molecular weight excluding hydrogens is 363 g/mol. The quantitative estimate of drug-likeness (QED) is 0.709. The third-order valence-corrected chi connectivity index (χ3v) is 5.01. The van der Waals surface area contributed by atoms with Gasteiger partial charge in [0, 0.05) is 31.9 Å². The molecule has 0 saturated carbocycles. The van der Waals surface area contributed by atoms with Crippen molar-refractivity contribution >= 4 is 5.82 Å². The van der Waals surface area contributed by atoms with Crippen LogP contribution < -0.4 is 4.90 Å². The van der Waals surface area contributed by atoms with Crippen molar-refractivity contribution in [1.82, 2.24) is 9.88 Å². The Labute approximate surface area is 157 Å². The molecule has 27 heavy (non-hydrogen) atoms. The second kappa shape index (κ2) is 9.68. The molecule has 0 spiro atoms. The van der Waals surface area contributed by atoms with Gasteiger partial charge in [-0.05, 0) is 44.9 Å². The predicted octanol–water partition coefficient (Wildman–Crippen LogP) is 1.50. The normalized spacial score (nSPS) is 27.1. The fourth-order valence-electron chi connectivity index (χ4n) is 3.37. The standard InChI is InChI=1S/C11H13F3N2.C7H15NO3/c12-11(13,14)9-5-4-6-15-10(9)16-7-2-1-3-8-16;1-8-3-7(11)6(10)2-5(8)4-9/h4-6H,1-3,7-8H2;5-7,9-11H,2-4H2,1H3/t;5-,6?,7+/m.1/s1. The predicted molar refractivity (Wildman–Crippen MR) is 95.4 cm³/mol. The second-order valence-corrected chi connectivity index (χ2v) is 7.07. The van der Waals surface area contributed by atoms with Crippen molar-refractivity contribution in [3.63, 3.8) is 0 Å². The average molecular weight is 391 g/mol. The Bertz CT molecular complexity index is 582. The van der Waals surface area contributed by atoms with Crippen LogP contribution in [-0.2, 0) is 6.18 Å². The van der Waals surface area contributed by atoms with Crippen LogP contribution in [0, 0.1) is 0 Å². The van der Waals surface area contributed by atoms with Crippen LogP contribution in [0.25, 0.3) is 0 Å². The Hall–Kier alpha value is -1.42. The fraction of sp³-hybridized carbons (Fsp3) is 0.722. The Morgan fingerprint density at radius 3 is 2.41 bits per heavy atom. The van der Waals surface area contributed by atoms with Crippen molar-refractivity contribution in [2.45, 2.75) is 50.1 Å². The summed E-state index contributed by atoms with van der Waals surface area (Å²) < 4.78 is 38.2. The smallest absolute Gasteiger partial charge is 0.395 e. The minimum absolute atomic E-state index is 0.00611. The first-order valence-corrected chi connectivity index (χ1v) is 9.18. The number of hydrogen-bond acceptors (Lipinski definition) is 6.